The van der Waals surface area contributed by atoms with Crippen LogP contribution >= 0.6 is 12.4 Å². The van der Waals surface area contributed by atoms with Crippen molar-refractivity contribution in [1.82, 2.24) is 0 Å². The Kier molecular flexibility index (Phi) is 15.5. The van der Waals surface area contributed by atoms with E-state index in [1.165, 1.54) is 20.3 Å². The van der Waals surface area contributed by atoms with E-state index in [9.17, 15) is 24.9 Å². The highest BCUT2D eigenvalue weighted by Crippen LogP contribution is 2.40. The van der Waals surface area contributed by atoms with Gasteiger partial charge in [0.25, 0.3) is 5.91 Å². The Morgan fingerprint density at radius 1 is 1.21 bits per heavy atom. The van der Waals surface area contributed by atoms with Crippen molar-refractivity contribution in [2.75, 3.05) is 19.5 Å². The van der Waals surface area contributed by atoms with Crippen molar-refractivity contribution < 1.29 is 39.1 Å². The van der Waals surface area contributed by atoms with Crippen LogP contribution in [0.3, 0.4) is 0 Å². The number of methoxy groups -OCH3 is 2. The summed E-state index contributed by atoms with van der Waals surface area (Å²) < 4.78 is 16.6. The maximum absolute atomic E-state index is 13.0. The predicted molar refractivity (Wildman–Crippen MR) is 170 cm³/mol. The monoisotopic (exact) mass is 622 g/mol. The third-order valence-corrected chi connectivity index (χ3v) is 7.55. The van der Waals surface area contributed by atoms with Crippen molar-refractivity contribution in [2.45, 2.75) is 77.8 Å². The van der Waals surface area contributed by atoms with Gasteiger partial charge in [0.05, 0.1) is 17.9 Å². The molecule has 1 aliphatic rings. The molecule has 2 bridgehead atoms. The number of aliphatic hydroxyl groups excluding tert-OH is 1. The van der Waals surface area contributed by atoms with Gasteiger partial charge in [-0.1, -0.05) is 44.2 Å². The average molecular weight is 623 g/mol. The summed E-state index contributed by atoms with van der Waals surface area (Å²) in [7, 11) is 2.97. The zero-order chi connectivity index (χ0) is 31.6. The standard InChI is InChI=1S/C32H46N2O8.ClH/c1-8-9-12-22-23-14-18(2)15-27(41-7)28(36)20(4)16-21(5)30(42-32(33)39)26(40-6)13-10-11-19(3)31(38)34-24(29(23)37)17-25(22)35;/h8,10-11,13,16-18,20,26-28,30,35-37H,1,9,12,14-15H2,2-7H3,(H2,33,39)(H,34,38);1H/b13-10-,19-11+,21-16+;/t18-,20+,26+,27+,28-,30+;/m1./s1. The van der Waals surface area contributed by atoms with Crippen LogP contribution in [-0.4, -0.2) is 66.0 Å². The van der Waals surface area contributed by atoms with E-state index in [0.717, 1.165) is 0 Å². The summed E-state index contributed by atoms with van der Waals surface area (Å²) in [5.74, 6) is -1.16. The van der Waals surface area contributed by atoms with E-state index in [4.69, 9.17) is 19.9 Å². The molecule has 2 amide bonds. The van der Waals surface area contributed by atoms with Crippen LogP contribution in [0.2, 0.25) is 0 Å². The molecule has 0 spiro atoms. The summed E-state index contributed by atoms with van der Waals surface area (Å²) >= 11 is 0. The molecule has 43 heavy (non-hydrogen) atoms. The molecule has 0 unspecified atom stereocenters. The molecule has 6 atom stereocenters. The number of allylic oxidation sites excluding steroid dienone is 3. The van der Waals surface area contributed by atoms with Gasteiger partial charge < -0.3 is 40.6 Å². The fourth-order valence-corrected chi connectivity index (χ4v) is 5.20. The molecule has 0 aromatic heterocycles. The van der Waals surface area contributed by atoms with Crippen molar-refractivity contribution in [2.24, 2.45) is 17.6 Å². The number of nitrogens with two attached hydrogens (primary N) is 1. The topological polar surface area (TPSA) is 161 Å². The van der Waals surface area contributed by atoms with Crippen LogP contribution in [-0.2, 0) is 31.8 Å². The Morgan fingerprint density at radius 2 is 1.88 bits per heavy atom. The molecule has 1 aromatic carbocycles. The minimum atomic E-state index is -0.984. The molecular weight excluding hydrogens is 576 g/mol. The van der Waals surface area contributed by atoms with Gasteiger partial charge >= 0.3 is 6.09 Å². The lowest BCUT2D eigenvalue weighted by atomic mass is 9.86. The lowest BCUT2D eigenvalue weighted by molar-refractivity contribution is -0.112. The van der Waals surface area contributed by atoms with Crippen molar-refractivity contribution in [3.63, 3.8) is 0 Å². The molecule has 1 aromatic rings. The second-order valence-electron chi connectivity index (χ2n) is 10.9. The van der Waals surface area contributed by atoms with Gasteiger partial charge in [0.1, 0.15) is 17.6 Å². The third-order valence-electron chi connectivity index (χ3n) is 7.55. The Bertz CT molecular complexity index is 1210. The largest absolute Gasteiger partial charge is 0.508 e. The number of phenols is 2. The molecule has 0 aliphatic carbocycles. The number of hydrogen-bond acceptors (Lipinski definition) is 8. The number of rotatable bonds is 6. The highest BCUT2D eigenvalue weighted by molar-refractivity contribution is 6.04. The summed E-state index contributed by atoms with van der Waals surface area (Å²) in [5.41, 5.74) is 7.44. The number of nitrogens with one attached hydrogen (secondary N) is 1. The molecule has 11 heteroatoms. The van der Waals surface area contributed by atoms with Crippen LogP contribution in [0.15, 0.2) is 54.2 Å². The molecule has 0 saturated carbocycles. The fraction of sp³-hybridized carbons (Fsp3) is 0.500. The number of aromatic hydroxyl groups is 2. The first-order valence-corrected chi connectivity index (χ1v) is 14.1. The summed E-state index contributed by atoms with van der Waals surface area (Å²) in [6.45, 7) is 10.9. The minimum Gasteiger partial charge on any atom is -0.508 e. The van der Waals surface area contributed by atoms with Gasteiger partial charge in [-0.15, -0.1) is 19.0 Å². The zero-order valence-corrected chi connectivity index (χ0v) is 26.6. The molecular formula is C32H47ClN2O8. The van der Waals surface area contributed by atoms with Crippen LogP contribution in [0.25, 0.3) is 0 Å². The van der Waals surface area contributed by atoms with Crippen molar-refractivity contribution in [3.8, 4) is 11.5 Å². The zero-order valence-electron chi connectivity index (χ0n) is 25.8. The summed E-state index contributed by atoms with van der Waals surface area (Å²) in [6, 6.07) is 1.34. The summed E-state index contributed by atoms with van der Waals surface area (Å²) in [6.07, 6.45) is 5.97. The molecule has 6 N–H and O–H groups in total. The smallest absolute Gasteiger partial charge is 0.405 e. The average Bonchev–Trinajstić information content (AvgIpc) is 2.94. The molecule has 0 fully saturated rings. The number of aliphatic hydroxyl groups is 1. The summed E-state index contributed by atoms with van der Waals surface area (Å²) in [4.78, 5) is 24.8. The fourth-order valence-electron chi connectivity index (χ4n) is 5.20. The number of phenolic OH excluding ortho intramolecular Hbond substituents is 2. The first kappa shape index (κ1) is 37.7. The second-order valence-corrected chi connectivity index (χ2v) is 10.9. The van der Waals surface area contributed by atoms with Crippen molar-refractivity contribution in [1.29, 1.82) is 0 Å². The minimum absolute atomic E-state index is 0. The van der Waals surface area contributed by atoms with Gasteiger partial charge in [-0.05, 0) is 51.0 Å². The Labute approximate surface area is 260 Å². The number of carbonyl (C=O) groups excluding carboxylic acids is 2. The first-order chi connectivity index (χ1) is 19.8. The van der Waals surface area contributed by atoms with E-state index in [2.05, 4.69) is 11.9 Å². The van der Waals surface area contributed by atoms with Crippen LogP contribution in [0, 0.1) is 11.8 Å². The second kappa shape index (κ2) is 17.7. The Morgan fingerprint density at radius 3 is 2.47 bits per heavy atom. The quantitative estimate of drug-likeness (QED) is 0.166. The van der Waals surface area contributed by atoms with Crippen LogP contribution in [0.1, 0.15) is 51.7 Å². The van der Waals surface area contributed by atoms with Crippen molar-refractivity contribution >= 4 is 30.1 Å². The van der Waals surface area contributed by atoms with E-state index >= 15 is 0 Å². The van der Waals surface area contributed by atoms with Crippen LogP contribution < -0.4 is 11.1 Å². The number of hydrogen-bond donors (Lipinski definition) is 5. The predicted octanol–water partition coefficient (Wildman–Crippen LogP) is 5.10. The number of fused-ring (bicyclic) bond motifs is 2. The molecule has 1 heterocycles. The van der Waals surface area contributed by atoms with Gasteiger partial charge in [-0.2, -0.15) is 0 Å². The maximum atomic E-state index is 13.0. The third kappa shape index (κ3) is 10.4. The molecule has 2 rings (SSSR count). The van der Waals surface area contributed by atoms with E-state index in [1.54, 1.807) is 44.2 Å². The molecule has 0 saturated heterocycles. The molecule has 240 valence electrons. The summed E-state index contributed by atoms with van der Waals surface area (Å²) in [5, 5.41) is 36.1. The first-order valence-electron chi connectivity index (χ1n) is 14.1. The van der Waals surface area contributed by atoms with Gasteiger partial charge in [-0.25, -0.2) is 4.79 Å². The molecule has 10 nitrogen and oxygen atoms in total. The van der Waals surface area contributed by atoms with Gasteiger partial charge in [0.2, 0.25) is 0 Å². The normalized spacial score (nSPS) is 28.7. The van der Waals surface area contributed by atoms with Crippen LogP contribution in [0.4, 0.5) is 10.5 Å². The number of anilines is 1. The number of primary amides is 1. The van der Waals surface area contributed by atoms with Gasteiger partial charge in [0, 0.05) is 42.9 Å². The highest BCUT2D eigenvalue weighted by Gasteiger charge is 2.30. The van der Waals surface area contributed by atoms with E-state index < -0.39 is 42.3 Å². The Hall–Kier alpha value is -3.31. The Balaban J connectivity index is 0.00000924. The number of benzene rings is 1. The van der Waals surface area contributed by atoms with E-state index in [0.29, 0.717) is 48.0 Å². The molecule has 0 radical (unpaired) electrons. The van der Waals surface area contributed by atoms with Gasteiger partial charge in [-0.3, -0.25) is 4.79 Å². The SMILES string of the molecule is C=CCCc1c(O)cc2c(O)c1C[C@@H](C)C[C@H](OC)[C@H](O)[C@@H](C)/C=C(\C)[C@H](OC(N)=O)[C@@H](OC)/C=C\C=C(/C)C(=O)N2.Cl. The number of halogens is 1. The van der Waals surface area contributed by atoms with E-state index in [1.807, 2.05) is 13.8 Å². The van der Waals surface area contributed by atoms with Crippen LogP contribution in [0.5, 0.6) is 11.5 Å². The number of ether oxygens (including phenoxy) is 3. The maximum Gasteiger partial charge on any atom is 0.405 e. The van der Waals surface area contributed by atoms with Crippen molar-refractivity contribution in [3.05, 3.63) is 65.3 Å². The number of amides is 2. The lowest BCUT2D eigenvalue weighted by Gasteiger charge is -2.29. The number of carbonyl (C=O) groups is 2. The van der Waals surface area contributed by atoms with E-state index in [-0.39, 0.29) is 35.5 Å². The molecule has 1 aliphatic heterocycles. The highest BCUT2D eigenvalue weighted by atomic mass is 35.5. The van der Waals surface area contributed by atoms with Gasteiger partial charge in [0.15, 0.2) is 6.10 Å². The lowest BCUT2D eigenvalue weighted by Crippen LogP contribution is -2.37.